The Balaban J connectivity index is 1.22. The molecule has 5 heteroatoms. The van der Waals surface area contributed by atoms with E-state index in [-0.39, 0.29) is 0 Å². The number of rotatable bonds is 6. The van der Waals surface area contributed by atoms with Gasteiger partial charge in [-0.3, -0.25) is 9.97 Å². The zero-order valence-electron chi connectivity index (χ0n) is 26.4. The molecule has 0 atom stereocenters. The van der Waals surface area contributed by atoms with Gasteiger partial charge in [0.25, 0.3) is 0 Å². The van der Waals surface area contributed by atoms with E-state index in [1.165, 1.54) is 20.2 Å². The maximum atomic E-state index is 5.19. The molecule has 0 saturated carbocycles. The van der Waals surface area contributed by atoms with E-state index in [1.54, 1.807) is 6.20 Å². The molecule has 0 fully saturated rings. The fraction of sp³-hybridized carbons (Fsp3) is 0. The van der Waals surface area contributed by atoms with Crippen molar-refractivity contribution in [1.82, 2.24) is 19.9 Å². The number of nitrogens with zero attached hydrogens (tertiary/aromatic N) is 4. The summed E-state index contributed by atoms with van der Waals surface area (Å²) in [6, 6.07) is 51.1. The van der Waals surface area contributed by atoms with E-state index in [1.807, 2.05) is 60.3 Å². The highest BCUT2D eigenvalue weighted by Gasteiger charge is 2.15. The van der Waals surface area contributed by atoms with Crippen LogP contribution < -0.4 is 0 Å². The largest absolute Gasteiger partial charge is 0.264 e. The summed E-state index contributed by atoms with van der Waals surface area (Å²) in [5, 5.41) is 2.51. The number of pyridine rings is 2. The Labute approximate surface area is 288 Å². The van der Waals surface area contributed by atoms with Gasteiger partial charge in [-0.25, -0.2) is 9.97 Å². The van der Waals surface area contributed by atoms with Crippen molar-refractivity contribution in [2.75, 3.05) is 0 Å². The van der Waals surface area contributed by atoms with Gasteiger partial charge < -0.3 is 0 Å². The summed E-state index contributed by atoms with van der Waals surface area (Å²) < 4.78 is 2.56. The minimum absolute atomic E-state index is 0.692. The molecule has 4 nitrogen and oxygen atoms in total. The Morgan fingerprint density at radius 2 is 0.898 bits per heavy atom. The third-order valence-corrected chi connectivity index (χ3v) is 10.0. The minimum atomic E-state index is 0.692. The van der Waals surface area contributed by atoms with Crippen molar-refractivity contribution in [3.05, 3.63) is 170 Å². The van der Waals surface area contributed by atoms with Crippen LogP contribution in [0.25, 0.3) is 87.5 Å². The first-order valence-electron chi connectivity index (χ1n) is 16.2. The molecule has 0 aliphatic heterocycles. The minimum Gasteiger partial charge on any atom is -0.264 e. The van der Waals surface area contributed by atoms with E-state index >= 15 is 0 Å². The van der Waals surface area contributed by atoms with Crippen molar-refractivity contribution in [2.45, 2.75) is 0 Å². The molecule has 4 heterocycles. The van der Waals surface area contributed by atoms with Gasteiger partial charge in [-0.1, -0.05) is 91.0 Å². The molecule has 9 rings (SSSR count). The molecular formula is C44H28N4S. The number of thiophene rings is 1. The molecule has 0 amide bonds. The topological polar surface area (TPSA) is 51.6 Å². The molecule has 0 radical (unpaired) electrons. The molecule has 0 spiro atoms. The maximum Gasteiger partial charge on any atom is 0.160 e. The quantitative estimate of drug-likeness (QED) is 0.181. The van der Waals surface area contributed by atoms with Crippen LogP contribution in [-0.4, -0.2) is 19.9 Å². The van der Waals surface area contributed by atoms with Gasteiger partial charge in [0.15, 0.2) is 5.82 Å². The van der Waals surface area contributed by atoms with Crippen molar-refractivity contribution in [1.29, 1.82) is 0 Å². The van der Waals surface area contributed by atoms with E-state index < -0.39 is 0 Å². The van der Waals surface area contributed by atoms with Crippen molar-refractivity contribution in [3.8, 4) is 67.3 Å². The van der Waals surface area contributed by atoms with Crippen LogP contribution in [-0.2, 0) is 0 Å². The Bertz CT molecular complexity index is 2580. The fourth-order valence-electron chi connectivity index (χ4n) is 6.38. The molecule has 230 valence electrons. The first kappa shape index (κ1) is 28.9. The van der Waals surface area contributed by atoms with Crippen molar-refractivity contribution < 1.29 is 0 Å². The predicted molar refractivity (Wildman–Crippen MR) is 203 cm³/mol. The average Bonchev–Trinajstić information content (AvgIpc) is 3.57. The van der Waals surface area contributed by atoms with Crippen molar-refractivity contribution in [3.63, 3.8) is 0 Å². The van der Waals surface area contributed by atoms with Gasteiger partial charge in [0.2, 0.25) is 0 Å². The summed E-state index contributed by atoms with van der Waals surface area (Å²) >= 11 is 1.82. The molecule has 4 aromatic heterocycles. The second-order valence-corrected chi connectivity index (χ2v) is 13.1. The number of benzene rings is 5. The predicted octanol–water partition coefficient (Wildman–Crippen LogP) is 11.6. The van der Waals surface area contributed by atoms with Crippen LogP contribution in [0.4, 0.5) is 0 Å². The van der Waals surface area contributed by atoms with Gasteiger partial charge in [0.05, 0.1) is 11.4 Å². The monoisotopic (exact) mass is 644 g/mol. The standard InChI is InChI=1S/C44H28N4S/c1-2-8-31(9-3-1)44-47-40(32-18-19-43-39(25-32)38-12-4-5-13-42(38)49-43)26-41(48-44)37-23-35(22-36(24-37)34-11-7-21-46-28-34)30-16-14-29(15-17-30)33-10-6-20-45-27-33/h1-28H. The number of aromatic nitrogens is 4. The van der Waals surface area contributed by atoms with E-state index in [2.05, 4.69) is 125 Å². The molecule has 5 aromatic carbocycles. The third kappa shape index (κ3) is 5.67. The Kier molecular flexibility index (Phi) is 7.30. The fourth-order valence-corrected chi connectivity index (χ4v) is 7.46. The maximum absolute atomic E-state index is 5.19. The first-order chi connectivity index (χ1) is 24.2. The van der Waals surface area contributed by atoms with E-state index in [0.29, 0.717) is 5.82 Å². The molecule has 0 N–H and O–H groups in total. The molecule has 0 aliphatic carbocycles. The van der Waals surface area contributed by atoms with Gasteiger partial charge in [-0.15, -0.1) is 11.3 Å². The van der Waals surface area contributed by atoms with Gasteiger partial charge in [-0.2, -0.15) is 0 Å². The van der Waals surface area contributed by atoms with Gasteiger partial charge in [-0.05, 0) is 82.4 Å². The smallest absolute Gasteiger partial charge is 0.160 e. The van der Waals surface area contributed by atoms with Crippen molar-refractivity contribution >= 4 is 31.5 Å². The van der Waals surface area contributed by atoms with Gasteiger partial charge in [0.1, 0.15) is 0 Å². The van der Waals surface area contributed by atoms with E-state index in [0.717, 1.165) is 61.5 Å². The molecular weight excluding hydrogens is 617 g/mol. The summed E-state index contributed by atoms with van der Waals surface area (Å²) in [6.45, 7) is 0. The molecule has 0 saturated heterocycles. The second-order valence-electron chi connectivity index (χ2n) is 12.0. The molecule has 9 aromatic rings. The first-order valence-corrected chi connectivity index (χ1v) is 17.0. The highest BCUT2D eigenvalue weighted by atomic mass is 32.1. The lowest BCUT2D eigenvalue weighted by atomic mass is 9.94. The van der Waals surface area contributed by atoms with Crippen LogP contribution >= 0.6 is 11.3 Å². The molecule has 0 unspecified atom stereocenters. The van der Waals surface area contributed by atoms with Crippen LogP contribution in [0, 0.1) is 0 Å². The summed E-state index contributed by atoms with van der Waals surface area (Å²) in [7, 11) is 0. The third-order valence-electron chi connectivity index (χ3n) is 8.87. The summed E-state index contributed by atoms with van der Waals surface area (Å²) in [6.07, 6.45) is 7.41. The Hall–Kier alpha value is -6.30. The zero-order valence-corrected chi connectivity index (χ0v) is 27.2. The van der Waals surface area contributed by atoms with Crippen molar-refractivity contribution in [2.24, 2.45) is 0 Å². The highest BCUT2D eigenvalue weighted by molar-refractivity contribution is 7.25. The summed E-state index contributed by atoms with van der Waals surface area (Å²) in [5.74, 6) is 0.692. The summed E-state index contributed by atoms with van der Waals surface area (Å²) in [5.41, 5.74) is 11.3. The zero-order chi connectivity index (χ0) is 32.6. The average molecular weight is 645 g/mol. The number of fused-ring (bicyclic) bond motifs is 3. The lowest BCUT2D eigenvalue weighted by Crippen LogP contribution is -1.96. The van der Waals surface area contributed by atoms with Crippen LogP contribution in [0.5, 0.6) is 0 Å². The Morgan fingerprint density at radius 1 is 0.347 bits per heavy atom. The van der Waals surface area contributed by atoms with Crippen LogP contribution in [0.1, 0.15) is 0 Å². The normalized spacial score (nSPS) is 11.3. The van der Waals surface area contributed by atoms with E-state index in [9.17, 15) is 0 Å². The molecule has 0 aliphatic rings. The van der Waals surface area contributed by atoms with Crippen LogP contribution in [0.3, 0.4) is 0 Å². The second kappa shape index (κ2) is 12.4. The number of hydrogen-bond donors (Lipinski definition) is 0. The SMILES string of the molecule is c1ccc(-c2nc(-c3cc(-c4ccc(-c5cccnc5)cc4)cc(-c4cccnc4)c3)cc(-c3ccc4sc5ccccc5c4c3)n2)cc1. The van der Waals surface area contributed by atoms with Crippen LogP contribution in [0.15, 0.2) is 170 Å². The molecule has 49 heavy (non-hydrogen) atoms. The van der Waals surface area contributed by atoms with E-state index in [4.69, 9.17) is 9.97 Å². The van der Waals surface area contributed by atoms with Gasteiger partial charge in [0, 0.05) is 67.2 Å². The van der Waals surface area contributed by atoms with Gasteiger partial charge >= 0.3 is 0 Å². The lowest BCUT2D eigenvalue weighted by molar-refractivity contribution is 1.18. The highest BCUT2D eigenvalue weighted by Crippen LogP contribution is 2.38. The van der Waals surface area contributed by atoms with Crippen LogP contribution in [0.2, 0.25) is 0 Å². The lowest BCUT2D eigenvalue weighted by Gasteiger charge is -2.13. The molecule has 0 bridgehead atoms. The Morgan fingerprint density at radius 3 is 1.61 bits per heavy atom. The summed E-state index contributed by atoms with van der Waals surface area (Å²) in [4.78, 5) is 19.1. The number of hydrogen-bond acceptors (Lipinski definition) is 5.